The molecule has 6 nitrogen and oxygen atoms in total. The van der Waals surface area contributed by atoms with E-state index in [1.54, 1.807) is 12.1 Å². The monoisotopic (exact) mass is 398 g/mol. The van der Waals surface area contributed by atoms with E-state index in [4.69, 9.17) is 4.42 Å². The number of benzene rings is 2. The van der Waals surface area contributed by atoms with Crippen LogP contribution in [0.15, 0.2) is 76.2 Å². The number of sulfonamides is 1. The summed E-state index contributed by atoms with van der Waals surface area (Å²) in [6, 6.07) is 16.8. The fourth-order valence-corrected chi connectivity index (χ4v) is 3.60. The fraction of sp³-hybridized carbons (Fsp3) is 0.190. The smallest absolute Gasteiger partial charge is 0.255 e. The zero-order chi connectivity index (χ0) is 20.1. The van der Waals surface area contributed by atoms with Crippen LogP contribution in [0.5, 0.6) is 0 Å². The van der Waals surface area contributed by atoms with Crippen LogP contribution in [0.3, 0.4) is 0 Å². The summed E-state index contributed by atoms with van der Waals surface area (Å²) in [5.41, 5.74) is 2.25. The Morgan fingerprint density at radius 3 is 2.25 bits per heavy atom. The SMILES string of the molecule is CC(C)c1ccc(NC(=O)c2ccc(S(=O)(=O)NCc3ccco3)cc2)cc1. The van der Waals surface area contributed by atoms with Gasteiger partial charge in [-0.1, -0.05) is 26.0 Å². The van der Waals surface area contributed by atoms with Gasteiger partial charge in [0.15, 0.2) is 0 Å². The van der Waals surface area contributed by atoms with Crippen LogP contribution in [0, 0.1) is 0 Å². The largest absolute Gasteiger partial charge is 0.468 e. The van der Waals surface area contributed by atoms with Crippen LogP contribution in [0.25, 0.3) is 0 Å². The molecule has 1 aromatic heterocycles. The van der Waals surface area contributed by atoms with E-state index in [-0.39, 0.29) is 17.3 Å². The second-order valence-electron chi connectivity index (χ2n) is 6.66. The molecule has 3 rings (SSSR count). The molecule has 28 heavy (non-hydrogen) atoms. The molecular weight excluding hydrogens is 376 g/mol. The molecule has 0 bridgehead atoms. The first kappa shape index (κ1) is 19.9. The Bertz CT molecular complexity index is 1020. The lowest BCUT2D eigenvalue weighted by Gasteiger charge is -2.09. The molecule has 0 aliphatic rings. The van der Waals surface area contributed by atoms with E-state index < -0.39 is 10.0 Å². The number of hydrogen-bond donors (Lipinski definition) is 2. The van der Waals surface area contributed by atoms with Gasteiger partial charge in [0.25, 0.3) is 5.91 Å². The van der Waals surface area contributed by atoms with Crippen LogP contribution in [0.4, 0.5) is 5.69 Å². The van der Waals surface area contributed by atoms with Crippen LogP contribution < -0.4 is 10.0 Å². The van der Waals surface area contributed by atoms with Crippen molar-refractivity contribution in [1.82, 2.24) is 4.72 Å². The number of rotatable bonds is 7. The van der Waals surface area contributed by atoms with Gasteiger partial charge in [0, 0.05) is 11.3 Å². The Kier molecular flexibility index (Phi) is 5.96. The van der Waals surface area contributed by atoms with Crippen molar-refractivity contribution in [2.24, 2.45) is 0 Å². The average molecular weight is 398 g/mol. The molecule has 0 saturated carbocycles. The summed E-state index contributed by atoms with van der Waals surface area (Å²) < 4.78 is 32.2. The van der Waals surface area contributed by atoms with Gasteiger partial charge >= 0.3 is 0 Å². The zero-order valence-electron chi connectivity index (χ0n) is 15.7. The summed E-state index contributed by atoms with van der Waals surface area (Å²) in [6.45, 7) is 4.27. The van der Waals surface area contributed by atoms with E-state index in [2.05, 4.69) is 23.9 Å². The molecule has 146 valence electrons. The average Bonchev–Trinajstić information content (AvgIpc) is 3.21. The predicted molar refractivity (Wildman–Crippen MR) is 108 cm³/mol. The summed E-state index contributed by atoms with van der Waals surface area (Å²) in [5.74, 6) is 0.633. The van der Waals surface area contributed by atoms with Crippen molar-refractivity contribution in [3.05, 3.63) is 83.8 Å². The molecule has 7 heteroatoms. The van der Waals surface area contributed by atoms with E-state index in [1.807, 2.05) is 24.3 Å². The fourth-order valence-electron chi connectivity index (χ4n) is 2.60. The minimum atomic E-state index is -3.69. The van der Waals surface area contributed by atoms with Crippen molar-refractivity contribution in [1.29, 1.82) is 0 Å². The summed E-state index contributed by atoms with van der Waals surface area (Å²) in [7, 11) is -3.69. The van der Waals surface area contributed by atoms with E-state index in [9.17, 15) is 13.2 Å². The second kappa shape index (κ2) is 8.41. The van der Waals surface area contributed by atoms with Gasteiger partial charge in [0.2, 0.25) is 10.0 Å². The maximum Gasteiger partial charge on any atom is 0.255 e. The molecule has 0 aliphatic carbocycles. The lowest BCUT2D eigenvalue weighted by molar-refractivity contribution is 0.102. The summed E-state index contributed by atoms with van der Waals surface area (Å²) in [6.07, 6.45) is 1.48. The normalized spacial score (nSPS) is 11.5. The number of carbonyl (C=O) groups excluding carboxylic acids is 1. The number of furan rings is 1. The first-order valence-corrected chi connectivity index (χ1v) is 10.4. The standard InChI is InChI=1S/C21H22N2O4S/c1-15(2)16-5-9-18(10-6-16)23-21(24)17-7-11-20(12-8-17)28(25,26)22-14-19-4-3-13-27-19/h3-13,15,22H,14H2,1-2H3,(H,23,24). The van der Waals surface area contributed by atoms with Gasteiger partial charge in [-0.15, -0.1) is 0 Å². The highest BCUT2D eigenvalue weighted by molar-refractivity contribution is 7.89. The van der Waals surface area contributed by atoms with Gasteiger partial charge in [0.05, 0.1) is 17.7 Å². The minimum Gasteiger partial charge on any atom is -0.468 e. The molecule has 0 saturated heterocycles. The third-order valence-electron chi connectivity index (χ3n) is 4.28. The highest BCUT2D eigenvalue weighted by Crippen LogP contribution is 2.18. The lowest BCUT2D eigenvalue weighted by Crippen LogP contribution is -2.23. The van der Waals surface area contributed by atoms with Crippen LogP contribution in [0.2, 0.25) is 0 Å². The predicted octanol–water partition coefficient (Wildman–Crippen LogP) is 4.13. The van der Waals surface area contributed by atoms with Crippen LogP contribution in [0.1, 0.15) is 41.4 Å². The van der Waals surface area contributed by atoms with Crippen molar-refractivity contribution in [3.8, 4) is 0 Å². The number of hydrogen-bond acceptors (Lipinski definition) is 4. The number of nitrogens with one attached hydrogen (secondary N) is 2. The Labute approximate surface area is 164 Å². The van der Waals surface area contributed by atoms with Crippen LogP contribution >= 0.6 is 0 Å². The molecule has 0 fully saturated rings. The molecule has 2 aromatic carbocycles. The minimum absolute atomic E-state index is 0.0595. The highest BCUT2D eigenvalue weighted by Gasteiger charge is 2.15. The maximum atomic E-state index is 12.4. The Morgan fingerprint density at radius 2 is 1.68 bits per heavy atom. The molecule has 2 N–H and O–H groups in total. The molecule has 0 unspecified atom stereocenters. The van der Waals surface area contributed by atoms with E-state index >= 15 is 0 Å². The first-order chi connectivity index (χ1) is 13.3. The number of carbonyl (C=O) groups is 1. The lowest BCUT2D eigenvalue weighted by atomic mass is 10.0. The first-order valence-electron chi connectivity index (χ1n) is 8.88. The molecular formula is C21H22N2O4S. The van der Waals surface area contributed by atoms with E-state index in [0.29, 0.717) is 22.9 Å². The molecule has 0 radical (unpaired) electrons. The Balaban J connectivity index is 1.65. The van der Waals surface area contributed by atoms with Crippen molar-refractivity contribution in [2.45, 2.75) is 31.2 Å². The van der Waals surface area contributed by atoms with Crippen molar-refractivity contribution in [2.75, 3.05) is 5.32 Å². The van der Waals surface area contributed by atoms with Crippen LogP contribution in [-0.4, -0.2) is 14.3 Å². The molecule has 1 amide bonds. The third-order valence-corrected chi connectivity index (χ3v) is 5.70. The topological polar surface area (TPSA) is 88.4 Å². The second-order valence-corrected chi connectivity index (χ2v) is 8.43. The zero-order valence-corrected chi connectivity index (χ0v) is 16.5. The van der Waals surface area contributed by atoms with E-state index in [1.165, 1.54) is 36.1 Å². The highest BCUT2D eigenvalue weighted by atomic mass is 32.2. The molecule has 0 aliphatic heterocycles. The molecule has 0 spiro atoms. The third kappa shape index (κ3) is 4.88. The van der Waals surface area contributed by atoms with E-state index in [0.717, 1.165) is 0 Å². The summed E-state index contributed by atoms with van der Waals surface area (Å²) in [5, 5.41) is 2.81. The van der Waals surface area contributed by atoms with Gasteiger partial charge in [-0.3, -0.25) is 4.79 Å². The molecule has 0 atom stereocenters. The maximum absolute atomic E-state index is 12.4. The number of anilines is 1. The summed E-state index contributed by atoms with van der Waals surface area (Å²) >= 11 is 0. The van der Waals surface area contributed by atoms with Crippen molar-refractivity contribution < 1.29 is 17.6 Å². The van der Waals surface area contributed by atoms with Gasteiger partial charge in [-0.25, -0.2) is 13.1 Å². The van der Waals surface area contributed by atoms with Crippen LogP contribution in [-0.2, 0) is 16.6 Å². The Hall–Kier alpha value is -2.90. The van der Waals surface area contributed by atoms with Gasteiger partial charge in [-0.05, 0) is 60.0 Å². The van der Waals surface area contributed by atoms with Crippen molar-refractivity contribution in [3.63, 3.8) is 0 Å². The summed E-state index contributed by atoms with van der Waals surface area (Å²) in [4.78, 5) is 12.5. The van der Waals surface area contributed by atoms with Gasteiger partial charge < -0.3 is 9.73 Å². The van der Waals surface area contributed by atoms with Crippen molar-refractivity contribution >= 4 is 21.6 Å². The van der Waals surface area contributed by atoms with Gasteiger partial charge in [-0.2, -0.15) is 0 Å². The Morgan fingerprint density at radius 1 is 1.00 bits per heavy atom. The number of amides is 1. The molecule has 3 aromatic rings. The van der Waals surface area contributed by atoms with Gasteiger partial charge in [0.1, 0.15) is 5.76 Å². The quantitative estimate of drug-likeness (QED) is 0.626. The molecule has 1 heterocycles.